The highest BCUT2D eigenvalue weighted by Gasteiger charge is 2.46. The van der Waals surface area contributed by atoms with E-state index in [2.05, 4.69) is 34.0 Å². The zero-order valence-corrected chi connectivity index (χ0v) is 20.6. The molecule has 8 heteroatoms. The molecule has 0 radical (unpaired) electrons. The second-order valence-electron chi connectivity index (χ2n) is 10.1. The van der Waals surface area contributed by atoms with Crippen LogP contribution in [0.1, 0.15) is 56.3 Å². The molecule has 2 aliphatic rings. The molecule has 1 saturated heterocycles. The van der Waals surface area contributed by atoms with Crippen LogP contribution >= 0.6 is 11.6 Å². The van der Waals surface area contributed by atoms with Crippen LogP contribution in [0.4, 0.5) is 0 Å². The first-order valence-corrected chi connectivity index (χ1v) is 12.5. The normalized spacial score (nSPS) is 20.3. The molecule has 3 aromatic rings. The average molecular weight is 482 g/mol. The van der Waals surface area contributed by atoms with Gasteiger partial charge in [-0.2, -0.15) is 0 Å². The fraction of sp³-hybridized carbons (Fsp3) is 0.500. The fourth-order valence-electron chi connectivity index (χ4n) is 5.83. The van der Waals surface area contributed by atoms with Crippen molar-refractivity contribution in [1.82, 2.24) is 24.8 Å². The highest BCUT2D eigenvalue weighted by molar-refractivity contribution is 6.37. The molecule has 1 aliphatic heterocycles. The van der Waals surface area contributed by atoms with E-state index in [1.54, 1.807) is 24.7 Å². The third-order valence-electron chi connectivity index (χ3n) is 7.37. The lowest BCUT2D eigenvalue weighted by molar-refractivity contribution is -0.115. The number of morpholine rings is 1. The number of amides is 1. The second kappa shape index (κ2) is 9.29. The van der Waals surface area contributed by atoms with Crippen LogP contribution in [0, 0.1) is 0 Å². The summed E-state index contributed by atoms with van der Waals surface area (Å²) in [5, 5.41) is 4.56. The summed E-state index contributed by atoms with van der Waals surface area (Å²) in [7, 11) is 0. The van der Waals surface area contributed by atoms with Gasteiger partial charge in [-0.1, -0.05) is 36.9 Å². The molecular weight excluding hydrogens is 450 g/mol. The number of ether oxygens (including phenoxy) is 1. The molecule has 0 bridgehead atoms. The summed E-state index contributed by atoms with van der Waals surface area (Å²) in [5.41, 5.74) is 1.22. The minimum absolute atomic E-state index is 0.0636. The molecule has 5 rings (SSSR count). The van der Waals surface area contributed by atoms with Crippen molar-refractivity contribution in [1.29, 1.82) is 0 Å². The van der Waals surface area contributed by atoms with Crippen LogP contribution in [0.25, 0.3) is 16.9 Å². The Morgan fingerprint density at radius 1 is 1.15 bits per heavy atom. The van der Waals surface area contributed by atoms with Gasteiger partial charge in [0.25, 0.3) is 5.91 Å². The quantitative estimate of drug-likeness (QED) is 0.575. The molecule has 0 atom stereocenters. The Labute approximate surface area is 205 Å². The van der Waals surface area contributed by atoms with Gasteiger partial charge in [0, 0.05) is 48.1 Å². The molecule has 180 valence electrons. The van der Waals surface area contributed by atoms with Gasteiger partial charge in [-0.25, -0.2) is 9.97 Å². The van der Waals surface area contributed by atoms with Gasteiger partial charge in [-0.05, 0) is 44.9 Å². The summed E-state index contributed by atoms with van der Waals surface area (Å²) in [6.07, 6.45) is 11.0. The molecule has 3 heterocycles. The molecule has 0 unspecified atom stereocenters. The van der Waals surface area contributed by atoms with Gasteiger partial charge in [0.15, 0.2) is 0 Å². The highest BCUT2D eigenvalue weighted by Crippen LogP contribution is 2.39. The number of carbonyl (C=O) groups is 1. The molecule has 1 amide bonds. The van der Waals surface area contributed by atoms with E-state index in [1.807, 2.05) is 22.8 Å². The Morgan fingerprint density at radius 2 is 1.91 bits per heavy atom. The molecule has 2 fully saturated rings. The summed E-state index contributed by atoms with van der Waals surface area (Å²) >= 11 is 6.59. The Hall–Kier alpha value is -2.48. The molecule has 0 spiro atoms. The maximum absolute atomic E-state index is 13.6. The maximum atomic E-state index is 13.6. The maximum Gasteiger partial charge on any atom is 0.253 e. The largest absolute Gasteiger partial charge is 0.378 e. The third-order valence-corrected chi connectivity index (χ3v) is 7.69. The van der Waals surface area contributed by atoms with Crippen molar-refractivity contribution < 1.29 is 9.53 Å². The molecule has 2 aromatic heterocycles. The number of benzene rings is 1. The van der Waals surface area contributed by atoms with Crippen molar-refractivity contribution >= 4 is 28.4 Å². The van der Waals surface area contributed by atoms with E-state index in [4.69, 9.17) is 16.3 Å². The van der Waals surface area contributed by atoms with Crippen molar-refractivity contribution in [2.45, 2.75) is 57.0 Å². The number of hydrogen-bond donors (Lipinski definition) is 1. The third kappa shape index (κ3) is 4.21. The molecule has 7 nitrogen and oxygen atoms in total. The van der Waals surface area contributed by atoms with Crippen LogP contribution in [0.15, 0.2) is 42.9 Å². The highest BCUT2D eigenvalue weighted by atomic mass is 35.5. The van der Waals surface area contributed by atoms with Gasteiger partial charge in [0.05, 0.1) is 29.3 Å². The monoisotopic (exact) mass is 481 g/mol. The van der Waals surface area contributed by atoms with Crippen LogP contribution < -0.4 is 5.32 Å². The number of rotatable bonds is 5. The number of nitrogens with zero attached hydrogens (tertiary/aromatic N) is 4. The van der Waals surface area contributed by atoms with Crippen LogP contribution in [0.5, 0.6) is 0 Å². The first kappa shape index (κ1) is 23.3. The summed E-state index contributed by atoms with van der Waals surface area (Å²) in [6.45, 7) is 7.44. The minimum Gasteiger partial charge on any atom is -0.378 e. The van der Waals surface area contributed by atoms with E-state index in [0.717, 1.165) is 36.9 Å². The zero-order chi connectivity index (χ0) is 23.8. The lowest BCUT2D eigenvalue weighted by Gasteiger charge is -2.55. The van der Waals surface area contributed by atoms with Crippen LogP contribution in [-0.2, 0) is 4.74 Å². The van der Waals surface area contributed by atoms with E-state index in [1.165, 1.54) is 19.3 Å². The molecule has 1 aliphatic carbocycles. The molecule has 1 aromatic carbocycles. The zero-order valence-electron chi connectivity index (χ0n) is 19.9. The predicted octanol–water partition coefficient (Wildman–Crippen LogP) is 4.62. The van der Waals surface area contributed by atoms with Crippen LogP contribution in [0.2, 0.25) is 5.02 Å². The molecular formula is C26H32ClN5O2. The van der Waals surface area contributed by atoms with Crippen LogP contribution in [-0.4, -0.2) is 62.7 Å². The number of nitrogens with one attached hydrogen (secondary N) is 1. The number of aromatic nitrogens is 3. The number of fused-ring (bicyclic) bond motifs is 1. The summed E-state index contributed by atoms with van der Waals surface area (Å²) in [6, 6.07) is 7.40. The average Bonchev–Trinajstić information content (AvgIpc) is 3.25. The van der Waals surface area contributed by atoms with Crippen molar-refractivity contribution in [3.05, 3.63) is 53.4 Å². The second-order valence-corrected chi connectivity index (χ2v) is 10.5. The van der Waals surface area contributed by atoms with Crippen molar-refractivity contribution in [2.75, 3.05) is 26.3 Å². The van der Waals surface area contributed by atoms with Gasteiger partial charge in [-0.15, -0.1) is 0 Å². The smallest absolute Gasteiger partial charge is 0.253 e. The van der Waals surface area contributed by atoms with Crippen molar-refractivity contribution in [2.24, 2.45) is 0 Å². The summed E-state index contributed by atoms with van der Waals surface area (Å²) in [5.74, 6) is 0.386. The molecule has 1 N–H and O–H groups in total. The van der Waals surface area contributed by atoms with Crippen LogP contribution in [0.3, 0.4) is 0 Å². The number of halogens is 1. The van der Waals surface area contributed by atoms with Crippen molar-refractivity contribution in [3.8, 4) is 5.95 Å². The topological polar surface area (TPSA) is 72.3 Å². The first-order chi connectivity index (χ1) is 16.4. The van der Waals surface area contributed by atoms with Gasteiger partial charge >= 0.3 is 0 Å². The molecule has 1 saturated carbocycles. The van der Waals surface area contributed by atoms with E-state index in [9.17, 15) is 4.79 Å². The fourth-order valence-corrected chi connectivity index (χ4v) is 6.10. The lowest BCUT2D eigenvalue weighted by Crippen LogP contribution is -2.67. The van der Waals surface area contributed by atoms with E-state index in [-0.39, 0.29) is 17.0 Å². The van der Waals surface area contributed by atoms with Gasteiger partial charge in [0.2, 0.25) is 5.95 Å². The Balaban J connectivity index is 1.46. The lowest BCUT2D eigenvalue weighted by atomic mass is 9.77. The van der Waals surface area contributed by atoms with Crippen molar-refractivity contribution in [3.63, 3.8) is 0 Å². The minimum atomic E-state index is -0.121. The number of hydrogen-bond acceptors (Lipinski definition) is 5. The van der Waals surface area contributed by atoms with E-state index >= 15 is 0 Å². The Kier molecular flexibility index (Phi) is 6.35. The first-order valence-electron chi connectivity index (χ1n) is 12.1. The van der Waals surface area contributed by atoms with Gasteiger partial charge < -0.3 is 10.1 Å². The Morgan fingerprint density at radius 3 is 2.65 bits per heavy atom. The Bertz CT molecular complexity index is 1170. The summed E-state index contributed by atoms with van der Waals surface area (Å²) < 4.78 is 7.62. The standard InChI is InChI=1S/C26H32ClN5O2/c1-25(2)18-34-15-14-32(25)26(10-4-3-5-11-26)17-30-23(33)19-16-31(24-28-12-7-13-29-24)21-9-6-8-20(27)22(19)21/h6-9,12-13,16H,3-5,10-11,14-15,17-18H2,1-2H3,(H,30,33). The van der Waals surface area contributed by atoms with E-state index in [0.29, 0.717) is 29.7 Å². The summed E-state index contributed by atoms with van der Waals surface area (Å²) in [4.78, 5) is 24.9. The van der Waals surface area contributed by atoms with Gasteiger partial charge in [-0.3, -0.25) is 14.3 Å². The van der Waals surface area contributed by atoms with Gasteiger partial charge in [0.1, 0.15) is 0 Å². The number of carbonyl (C=O) groups excluding carboxylic acids is 1. The SMILES string of the molecule is CC1(C)COCCN1C1(CNC(=O)c2cn(-c3ncccn3)c3cccc(Cl)c23)CCCCC1. The van der Waals surface area contributed by atoms with E-state index < -0.39 is 0 Å². The molecule has 34 heavy (non-hydrogen) atoms. The predicted molar refractivity (Wildman–Crippen MR) is 134 cm³/mol.